The molecule has 0 atom stereocenters. The third-order valence-corrected chi connectivity index (χ3v) is 4.15. The maximum Gasteiger partial charge on any atom is 0.228 e. The Morgan fingerprint density at radius 3 is 2.33 bits per heavy atom. The van der Waals surface area contributed by atoms with Crippen LogP contribution in [0.5, 0.6) is 17.2 Å². The number of nitrogens with zero attached hydrogens (tertiary/aromatic N) is 3. The molecule has 0 amide bonds. The highest BCUT2D eigenvalue weighted by Crippen LogP contribution is 2.32. The molecule has 0 saturated heterocycles. The second-order valence-corrected chi connectivity index (χ2v) is 6.15. The molecule has 0 unspecified atom stereocenters. The van der Waals surface area contributed by atoms with E-state index in [2.05, 4.69) is 25.5 Å². The Hall–Kier alpha value is -3.47. The molecule has 11 heteroatoms. The van der Waals surface area contributed by atoms with Gasteiger partial charge in [-0.1, -0.05) is 0 Å². The first kappa shape index (κ1) is 21.2. The first-order valence-electron chi connectivity index (χ1n) is 9.01. The molecule has 3 rings (SSSR count). The Balaban J connectivity index is 1.65. The molecule has 2 heterocycles. The summed E-state index contributed by atoms with van der Waals surface area (Å²) in [5.41, 5.74) is 0.532. The topological polar surface area (TPSA) is 114 Å². The highest BCUT2D eigenvalue weighted by atomic mass is 19.1. The normalized spacial score (nSPS) is 10.7. The van der Waals surface area contributed by atoms with Crippen molar-refractivity contribution in [2.24, 2.45) is 0 Å². The van der Waals surface area contributed by atoms with Crippen molar-refractivity contribution in [3.8, 4) is 17.2 Å². The van der Waals surface area contributed by atoms with Gasteiger partial charge in [0.1, 0.15) is 6.61 Å². The number of anilines is 2. The molecule has 30 heavy (non-hydrogen) atoms. The summed E-state index contributed by atoms with van der Waals surface area (Å²) in [7, 11) is 2.55. The van der Waals surface area contributed by atoms with Gasteiger partial charge in [-0.2, -0.15) is 5.10 Å². The number of benzene rings is 1. The second-order valence-electron chi connectivity index (χ2n) is 6.15. The molecule has 2 aromatic heterocycles. The zero-order valence-corrected chi connectivity index (χ0v) is 16.4. The predicted molar refractivity (Wildman–Crippen MR) is 103 cm³/mol. The molecule has 0 spiro atoms. The van der Waals surface area contributed by atoms with Gasteiger partial charge in [-0.15, -0.1) is 0 Å². The number of methoxy groups -OCH3 is 2. The molecule has 0 saturated carbocycles. The monoisotopic (exact) mass is 421 g/mol. The highest BCUT2D eigenvalue weighted by molar-refractivity contribution is 5.48. The van der Waals surface area contributed by atoms with E-state index in [1.807, 2.05) is 0 Å². The van der Waals surface area contributed by atoms with E-state index in [9.17, 15) is 8.78 Å². The van der Waals surface area contributed by atoms with Crippen LogP contribution in [-0.4, -0.2) is 46.1 Å². The Morgan fingerprint density at radius 1 is 1.07 bits per heavy atom. The number of nitrogens with one attached hydrogen (secondary N) is 2. The van der Waals surface area contributed by atoms with Crippen molar-refractivity contribution in [3.63, 3.8) is 0 Å². The summed E-state index contributed by atoms with van der Waals surface area (Å²) < 4.78 is 44.0. The number of aromatic nitrogens is 4. The number of H-pyrrole nitrogens is 1. The van der Waals surface area contributed by atoms with Gasteiger partial charge in [0.25, 0.3) is 0 Å². The predicted octanol–water partition coefficient (Wildman–Crippen LogP) is 2.74. The first-order valence-corrected chi connectivity index (χ1v) is 9.01. The largest absolute Gasteiger partial charge is 0.494 e. The summed E-state index contributed by atoms with van der Waals surface area (Å²) in [6, 6.07) is 2.91. The van der Waals surface area contributed by atoms with Gasteiger partial charge in [0.05, 0.1) is 32.2 Å². The second kappa shape index (κ2) is 9.83. The fraction of sp³-hybridized carbons (Fsp3) is 0.316. The molecule has 0 aliphatic rings. The van der Waals surface area contributed by atoms with Crippen LogP contribution in [-0.2, 0) is 13.0 Å². The van der Waals surface area contributed by atoms with E-state index in [1.165, 1.54) is 26.6 Å². The molecule has 3 N–H and O–H groups in total. The maximum atomic E-state index is 14.4. The molecule has 3 aromatic rings. The molecule has 9 nitrogen and oxygen atoms in total. The number of ether oxygens (including phenoxy) is 3. The van der Waals surface area contributed by atoms with E-state index in [4.69, 9.17) is 19.3 Å². The number of hydrogen-bond donors (Lipinski definition) is 3. The van der Waals surface area contributed by atoms with E-state index >= 15 is 0 Å². The SMILES string of the molecule is COc1cc(OC)c(F)c(COc2cnc(Nc3cc(CCCO)[nH]n3)nc2)c1F. The van der Waals surface area contributed by atoms with Gasteiger partial charge in [0, 0.05) is 24.4 Å². The minimum absolute atomic E-state index is 0.0999. The van der Waals surface area contributed by atoms with Crippen LogP contribution in [0, 0.1) is 11.6 Å². The van der Waals surface area contributed by atoms with Crippen LogP contribution >= 0.6 is 0 Å². The van der Waals surface area contributed by atoms with Crippen LogP contribution in [0.4, 0.5) is 20.5 Å². The van der Waals surface area contributed by atoms with Crippen molar-refractivity contribution in [2.45, 2.75) is 19.4 Å². The smallest absolute Gasteiger partial charge is 0.228 e. The summed E-state index contributed by atoms with van der Waals surface area (Å²) in [5.74, 6) is -1.05. The lowest BCUT2D eigenvalue weighted by Gasteiger charge is -2.13. The Labute approximate surface area is 171 Å². The quantitative estimate of drug-likeness (QED) is 0.458. The van der Waals surface area contributed by atoms with Crippen molar-refractivity contribution in [1.29, 1.82) is 0 Å². The number of rotatable bonds is 10. The van der Waals surface area contributed by atoms with Crippen molar-refractivity contribution in [3.05, 3.63) is 47.4 Å². The van der Waals surface area contributed by atoms with Crippen LogP contribution in [0.15, 0.2) is 24.5 Å². The van der Waals surface area contributed by atoms with Crippen molar-refractivity contribution < 1.29 is 28.1 Å². The number of aryl methyl sites for hydroxylation is 1. The van der Waals surface area contributed by atoms with Gasteiger partial charge in [-0.05, 0) is 12.8 Å². The number of hydrogen-bond acceptors (Lipinski definition) is 8. The van der Waals surface area contributed by atoms with E-state index in [1.54, 1.807) is 6.07 Å². The van der Waals surface area contributed by atoms with Gasteiger partial charge in [0.15, 0.2) is 34.7 Å². The molecule has 160 valence electrons. The Morgan fingerprint density at radius 2 is 1.73 bits per heavy atom. The summed E-state index contributed by atoms with van der Waals surface area (Å²) in [5, 5.41) is 18.7. The lowest BCUT2D eigenvalue weighted by atomic mass is 10.1. The fourth-order valence-electron chi connectivity index (χ4n) is 2.61. The third kappa shape index (κ3) is 4.92. The van der Waals surface area contributed by atoms with Gasteiger partial charge >= 0.3 is 0 Å². The summed E-state index contributed by atoms with van der Waals surface area (Å²) in [6.07, 6.45) is 4.02. The van der Waals surface area contributed by atoms with Gasteiger partial charge in [-0.25, -0.2) is 18.7 Å². The van der Waals surface area contributed by atoms with Crippen molar-refractivity contribution in [2.75, 3.05) is 26.1 Å². The van der Waals surface area contributed by atoms with Crippen LogP contribution in [0.3, 0.4) is 0 Å². The molecule has 1 aromatic carbocycles. The van der Waals surface area contributed by atoms with Crippen LogP contribution < -0.4 is 19.5 Å². The number of aromatic amines is 1. The maximum absolute atomic E-state index is 14.4. The number of aliphatic hydroxyl groups excluding tert-OH is 1. The zero-order chi connectivity index (χ0) is 21.5. The molecule has 0 radical (unpaired) electrons. The van der Waals surface area contributed by atoms with E-state index in [0.717, 1.165) is 11.8 Å². The summed E-state index contributed by atoms with van der Waals surface area (Å²) in [6.45, 7) is -0.308. The summed E-state index contributed by atoms with van der Waals surface area (Å²) in [4.78, 5) is 8.18. The standard InChI is InChI=1S/C19H21F2N5O4/c1-28-14-7-15(29-2)18(21)13(17(14)20)10-30-12-8-22-19(23-9-12)24-16-6-11(25-26-16)4-3-5-27/h6-9,27H,3-5,10H2,1-2H3,(H2,22,23,24,25,26). The molecule has 0 aliphatic heterocycles. The van der Waals surface area contributed by atoms with E-state index < -0.39 is 18.2 Å². The highest BCUT2D eigenvalue weighted by Gasteiger charge is 2.20. The fourth-order valence-corrected chi connectivity index (χ4v) is 2.61. The molecule has 0 fully saturated rings. The van der Waals surface area contributed by atoms with E-state index in [-0.39, 0.29) is 35.4 Å². The number of halogens is 2. The molecular weight excluding hydrogens is 400 g/mol. The lowest BCUT2D eigenvalue weighted by Crippen LogP contribution is -2.06. The van der Waals surface area contributed by atoms with Crippen LogP contribution in [0.1, 0.15) is 17.7 Å². The van der Waals surface area contributed by atoms with E-state index in [0.29, 0.717) is 18.7 Å². The van der Waals surface area contributed by atoms with Crippen LogP contribution in [0.25, 0.3) is 0 Å². The van der Waals surface area contributed by atoms with Gasteiger partial charge < -0.3 is 24.6 Å². The minimum Gasteiger partial charge on any atom is -0.494 e. The zero-order valence-electron chi connectivity index (χ0n) is 16.4. The average molecular weight is 421 g/mol. The van der Waals surface area contributed by atoms with Gasteiger partial charge in [-0.3, -0.25) is 5.10 Å². The Bertz CT molecular complexity index is 954. The first-order chi connectivity index (χ1) is 14.5. The van der Waals surface area contributed by atoms with Crippen molar-refractivity contribution >= 4 is 11.8 Å². The molecule has 0 aliphatic carbocycles. The van der Waals surface area contributed by atoms with Gasteiger partial charge in [0.2, 0.25) is 5.95 Å². The lowest BCUT2D eigenvalue weighted by molar-refractivity contribution is 0.280. The average Bonchev–Trinajstić information content (AvgIpc) is 3.20. The van der Waals surface area contributed by atoms with Crippen molar-refractivity contribution in [1.82, 2.24) is 20.2 Å². The molecule has 0 bridgehead atoms. The summed E-state index contributed by atoms with van der Waals surface area (Å²) >= 11 is 0. The minimum atomic E-state index is -0.870. The Kier molecular flexibility index (Phi) is 6.96. The molecular formula is C19H21F2N5O4. The number of aliphatic hydroxyl groups is 1. The van der Waals surface area contributed by atoms with Crippen LogP contribution in [0.2, 0.25) is 0 Å². The third-order valence-electron chi connectivity index (χ3n) is 4.15.